The molecular weight excluding hydrogens is 176 g/mol. The molecule has 0 aromatic rings. The molecule has 3 nitrogen and oxygen atoms in total. The van der Waals surface area contributed by atoms with Crippen molar-refractivity contribution in [3.05, 3.63) is 0 Å². The highest BCUT2D eigenvalue weighted by Gasteiger charge is 2.22. The lowest BCUT2D eigenvalue weighted by Crippen LogP contribution is -2.26. The van der Waals surface area contributed by atoms with E-state index in [9.17, 15) is 4.79 Å². The van der Waals surface area contributed by atoms with E-state index in [4.69, 9.17) is 0 Å². The van der Waals surface area contributed by atoms with Crippen LogP contribution in [0.3, 0.4) is 0 Å². The summed E-state index contributed by atoms with van der Waals surface area (Å²) in [6.07, 6.45) is 3.85. The molecule has 0 atom stereocenters. The normalized spacial score (nSPS) is 14.4. The van der Waals surface area contributed by atoms with Gasteiger partial charge in [-0.05, 0) is 32.7 Å². The Bertz CT molecular complexity index is 235. The lowest BCUT2D eigenvalue weighted by Gasteiger charge is -2.02. The minimum Gasteiger partial charge on any atom is -0.353 e. The maximum absolute atomic E-state index is 11.2. The van der Waals surface area contributed by atoms with Crippen molar-refractivity contribution in [1.29, 1.82) is 0 Å². The molecule has 0 bridgehead atoms. The number of carbonyl (C=O) groups is 1. The number of rotatable bonds is 6. The van der Waals surface area contributed by atoms with Crippen LogP contribution in [0.25, 0.3) is 0 Å². The van der Waals surface area contributed by atoms with E-state index in [0.29, 0.717) is 12.5 Å². The molecule has 0 spiro atoms. The average Bonchev–Trinajstić information content (AvgIpc) is 2.95. The van der Waals surface area contributed by atoms with Crippen LogP contribution in [0.5, 0.6) is 0 Å². The fourth-order valence-corrected chi connectivity index (χ4v) is 1.14. The van der Waals surface area contributed by atoms with Crippen molar-refractivity contribution in [1.82, 2.24) is 10.6 Å². The first-order valence-corrected chi connectivity index (χ1v) is 5.22. The topological polar surface area (TPSA) is 41.1 Å². The molecule has 3 heteroatoms. The van der Waals surface area contributed by atoms with Gasteiger partial charge in [-0.25, -0.2) is 0 Å². The summed E-state index contributed by atoms with van der Waals surface area (Å²) in [5.41, 5.74) is 0. The molecule has 14 heavy (non-hydrogen) atoms. The highest BCUT2D eigenvalue weighted by Crippen LogP contribution is 2.18. The second-order valence-electron chi connectivity index (χ2n) is 3.55. The maximum Gasteiger partial charge on any atom is 0.220 e. The Hall–Kier alpha value is -1.01. The van der Waals surface area contributed by atoms with E-state index < -0.39 is 0 Å². The van der Waals surface area contributed by atoms with Crippen molar-refractivity contribution in [2.75, 3.05) is 13.1 Å². The Morgan fingerprint density at radius 3 is 2.93 bits per heavy atom. The van der Waals surface area contributed by atoms with Gasteiger partial charge >= 0.3 is 0 Å². The van der Waals surface area contributed by atoms with Crippen molar-refractivity contribution < 1.29 is 4.79 Å². The van der Waals surface area contributed by atoms with Crippen LogP contribution in [-0.2, 0) is 4.79 Å². The van der Waals surface area contributed by atoms with Crippen LogP contribution < -0.4 is 10.6 Å². The number of nitrogens with one attached hydrogen (secondary N) is 2. The molecule has 1 saturated carbocycles. The number of carbonyl (C=O) groups excluding carboxylic acids is 1. The first-order chi connectivity index (χ1) is 6.83. The first-order valence-electron chi connectivity index (χ1n) is 5.22. The minimum absolute atomic E-state index is 0.191. The summed E-state index contributed by atoms with van der Waals surface area (Å²) in [6, 6.07) is 0.487. The predicted octanol–water partition coefficient (Wildman–Crippen LogP) is 0.658. The molecular formula is C11H18N2O. The van der Waals surface area contributed by atoms with Gasteiger partial charge in [-0.1, -0.05) is 5.92 Å². The van der Waals surface area contributed by atoms with Gasteiger partial charge in [-0.3, -0.25) is 4.79 Å². The van der Waals surface area contributed by atoms with Crippen LogP contribution in [0.2, 0.25) is 0 Å². The van der Waals surface area contributed by atoms with Gasteiger partial charge in [0.05, 0.1) is 6.54 Å². The molecule has 0 aromatic carbocycles. The molecule has 0 saturated heterocycles. The lowest BCUT2D eigenvalue weighted by molar-refractivity contribution is -0.121. The first kappa shape index (κ1) is 11.1. The molecule has 1 aliphatic rings. The predicted molar refractivity (Wildman–Crippen MR) is 56.7 cm³/mol. The molecule has 2 N–H and O–H groups in total. The Balaban J connectivity index is 1.86. The Morgan fingerprint density at radius 2 is 2.29 bits per heavy atom. The van der Waals surface area contributed by atoms with Crippen molar-refractivity contribution in [2.45, 2.75) is 38.6 Å². The van der Waals surface area contributed by atoms with Gasteiger partial charge in [0.1, 0.15) is 0 Å². The molecule has 78 valence electrons. The average molecular weight is 194 g/mol. The number of hydrogen-bond donors (Lipinski definition) is 2. The summed E-state index contributed by atoms with van der Waals surface area (Å²) in [4.78, 5) is 11.2. The third-order valence-corrected chi connectivity index (χ3v) is 2.09. The molecule has 1 rings (SSSR count). The molecule has 0 unspecified atom stereocenters. The van der Waals surface area contributed by atoms with E-state index in [1.54, 1.807) is 0 Å². The van der Waals surface area contributed by atoms with Crippen molar-refractivity contribution in [3.8, 4) is 11.8 Å². The monoisotopic (exact) mass is 194 g/mol. The molecule has 0 aromatic heterocycles. The molecule has 1 aliphatic carbocycles. The molecule has 1 amide bonds. The van der Waals surface area contributed by atoms with Crippen LogP contribution in [0.15, 0.2) is 0 Å². The van der Waals surface area contributed by atoms with Gasteiger partial charge in [0.25, 0.3) is 0 Å². The van der Waals surface area contributed by atoms with E-state index in [2.05, 4.69) is 22.5 Å². The maximum atomic E-state index is 11.2. The summed E-state index contributed by atoms with van der Waals surface area (Å²) in [6.45, 7) is 3.41. The van der Waals surface area contributed by atoms with Crippen LogP contribution in [0, 0.1) is 11.8 Å². The van der Waals surface area contributed by atoms with Crippen LogP contribution in [-0.4, -0.2) is 25.0 Å². The summed E-state index contributed by atoms with van der Waals surface area (Å²) in [7, 11) is 0. The second-order valence-corrected chi connectivity index (χ2v) is 3.55. The van der Waals surface area contributed by atoms with Gasteiger partial charge in [-0.15, -0.1) is 5.92 Å². The highest BCUT2D eigenvalue weighted by molar-refractivity contribution is 5.76. The Labute approximate surface area is 85.6 Å². The van der Waals surface area contributed by atoms with E-state index >= 15 is 0 Å². The van der Waals surface area contributed by atoms with Crippen LogP contribution in [0.1, 0.15) is 32.6 Å². The van der Waals surface area contributed by atoms with Gasteiger partial charge in [0, 0.05) is 12.5 Å². The third-order valence-electron chi connectivity index (χ3n) is 2.09. The third kappa shape index (κ3) is 5.60. The molecule has 0 aliphatic heterocycles. The van der Waals surface area contributed by atoms with Gasteiger partial charge < -0.3 is 10.6 Å². The fourth-order valence-electron chi connectivity index (χ4n) is 1.14. The van der Waals surface area contributed by atoms with Crippen LogP contribution >= 0.6 is 0 Å². The molecule has 0 heterocycles. The zero-order valence-electron chi connectivity index (χ0n) is 8.73. The van der Waals surface area contributed by atoms with Crippen molar-refractivity contribution >= 4 is 5.91 Å². The smallest absolute Gasteiger partial charge is 0.220 e. The zero-order valence-corrected chi connectivity index (χ0v) is 8.73. The Kier molecular flexibility index (Phi) is 5.09. The molecule has 0 radical (unpaired) electrons. The van der Waals surface area contributed by atoms with E-state index in [1.807, 2.05) is 6.92 Å². The standard InChI is InChI=1S/C11H18N2O/c1-2-3-8-12-9-4-5-11(14)13-10-6-7-10/h10,12H,4-9H2,1H3,(H,13,14). The SMILES string of the molecule is CC#CCNCCCC(=O)NC1CC1. The van der Waals surface area contributed by atoms with Gasteiger partial charge in [-0.2, -0.15) is 0 Å². The summed E-state index contributed by atoms with van der Waals surface area (Å²) < 4.78 is 0. The zero-order chi connectivity index (χ0) is 10.2. The fraction of sp³-hybridized carbons (Fsp3) is 0.727. The number of amides is 1. The summed E-state index contributed by atoms with van der Waals surface area (Å²) in [5.74, 6) is 5.92. The summed E-state index contributed by atoms with van der Waals surface area (Å²) >= 11 is 0. The van der Waals surface area contributed by atoms with Crippen molar-refractivity contribution in [3.63, 3.8) is 0 Å². The van der Waals surface area contributed by atoms with E-state index in [0.717, 1.165) is 32.4 Å². The lowest BCUT2D eigenvalue weighted by atomic mass is 10.3. The largest absolute Gasteiger partial charge is 0.353 e. The Morgan fingerprint density at radius 1 is 1.50 bits per heavy atom. The molecule has 1 fully saturated rings. The summed E-state index contributed by atoms with van der Waals surface area (Å²) in [5, 5.41) is 6.12. The van der Waals surface area contributed by atoms with E-state index in [1.165, 1.54) is 0 Å². The minimum atomic E-state index is 0.191. The van der Waals surface area contributed by atoms with Gasteiger partial charge in [0.2, 0.25) is 5.91 Å². The van der Waals surface area contributed by atoms with Gasteiger partial charge in [0.15, 0.2) is 0 Å². The highest BCUT2D eigenvalue weighted by atomic mass is 16.1. The van der Waals surface area contributed by atoms with Crippen molar-refractivity contribution in [2.24, 2.45) is 0 Å². The van der Waals surface area contributed by atoms with Crippen LogP contribution in [0.4, 0.5) is 0 Å². The quantitative estimate of drug-likeness (QED) is 0.482. The number of hydrogen-bond acceptors (Lipinski definition) is 2. The second kappa shape index (κ2) is 6.44. The van der Waals surface area contributed by atoms with E-state index in [-0.39, 0.29) is 5.91 Å².